The Bertz CT molecular complexity index is 365. The van der Waals surface area contributed by atoms with Crippen LogP contribution in [0.3, 0.4) is 0 Å². The van der Waals surface area contributed by atoms with E-state index < -0.39 is 11.6 Å². The molecule has 5 heteroatoms. The molecule has 0 aliphatic carbocycles. The second-order valence-corrected chi connectivity index (χ2v) is 4.22. The van der Waals surface area contributed by atoms with E-state index in [2.05, 4.69) is 15.9 Å². The molecule has 0 spiro atoms. The predicted molar refractivity (Wildman–Crippen MR) is 53.9 cm³/mol. The van der Waals surface area contributed by atoms with Crippen LogP contribution in [0.1, 0.15) is 6.42 Å². The summed E-state index contributed by atoms with van der Waals surface area (Å²) in [5, 5.41) is 0. The van der Waals surface area contributed by atoms with Crippen LogP contribution in [0.4, 0.5) is 8.78 Å². The van der Waals surface area contributed by atoms with Crippen LogP contribution in [0.2, 0.25) is 0 Å². The van der Waals surface area contributed by atoms with Crippen LogP contribution in [-0.2, 0) is 4.74 Å². The maximum atomic E-state index is 13.3. The van der Waals surface area contributed by atoms with E-state index >= 15 is 0 Å². The lowest BCUT2D eigenvalue weighted by Crippen LogP contribution is -2.16. The van der Waals surface area contributed by atoms with Crippen LogP contribution in [-0.4, -0.2) is 19.3 Å². The van der Waals surface area contributed by atoms with Crippen molar-refractivity contribution in [3.63, 3.8) is 0 Å². The fourth-order valence-corrected chi connectivity index (χ4v) is 1.81. The van der Waals surface area contributed by atoms with Gasteiger partial charge >= 0.3 is 0 Å². The average molecular weight is 279 g/mol. The van der Waals surface area contributed by atoms with Crippen molar-refractivity contribution in [3.05, 3.63) is 28.2 Å². The first-order chi connectivity index (χ1) is 7.16. The molecule has 1 aromatic carbocycles. The molecule has 2 rings (SSSR count). The van der Waals surface area contributed by atoms with E-state index in [9.17, 15) is 8.78 Å². The molecule has 82 valence electrons. The minimum atomic E-state index is -0.954. The van der Waals surface area contributed by atoms with E-state index in [1.54, 1.807) is 0 Å². The normalized spacial score (nSPS) is 20.6. The van der Waals surface area contributed by atoms with Gasteiger partial charge in [-0.2, -0.15) is 4.39 Å². The summed E-state index contributed by atoms with van der Waals surface area (Å²) in [4.78, 5) is 0. The van der Waals surface area contributed by atoms with Gasteiger partial charge in [-0.15, -0.1) is 0 Å². The van der Waals surface area contributed by atoms with E-state index in [1.807, 2.05) is 0 Å². The van der Waals surface area contributed by atoms with Gasteiger partial charge in [0.2, 0.25) is 5.82 Å². The number of halogens is 3. The summed E-state index contributed by atoms with van der Waals surface area (Å²) in [6.45, 7) is 1.02. The smallest absolute Gasteiger partial charge is 0.200 e. The van der Waals surface area contributed by atoms with Crippen molar-refractivity contribution in [1.82, 2.24) is 0 Å². The molecule has 1 heterocycles. The minimum Gasteiger partial charge on any atom is -0.485 e. The molecule has 1 aliphatic rings. The highest BCUT2D eigenvalue weighted by Crippen LogP contribution is 2.27. The molecule has 0 aromatic heterocycles. The quantitative estimate of drug-likeness (QED) is 0.775. The summed E-state index contributed by atoms with van der Waals surface area (Å²) >= 11 is 3.08. The van der Waals surface area contributed by atoms with Gasteiger partial charge < -0.3 is 9.47 Å². The molecule has 1 unspecified atom stereocenters. The van der Waals surface area contributed by atoms with Gasteiger partial charge in [0.25, 0.3) is 0 Å². The van der Waals surface area contributed by atoms with E-state index in [0.29, 0.717) is 24.1 Å². The van der Waals surface area contributed by atoms with Gasteiger partial charge in [0.05, 0.1) is 13.2 Å². The highest BCUT2D eigenvalue weighted by atomic mass is 79.9. The Labute approximate surface area is 94.3 Å². The first-order valence-electron chi connectivity index (χ1n) is 4.56. The third-order valence-electron chi connectivity index (χ3n) is 2.14. The van der Waals surface area contributed by atoms with Gasteiger partial charge in [-0.25, -0.2) is 4.39 Å². The lowest BCUT2D eigenvalue weighted by Gasteiger charge is -2.12. The molecule has 15 heavy (non-hydrogen) atoms. The van der Waals surface area contributed by atoms with Crippen molar-refractivity contribution in [2.24, 2.45) is 0 Å². The van der Waals surface area contributed by atoms with Gasteiger partial charge in [0, 0.05) is 10.9 Å². The van der Waals surface area contributed by atoms with Crippen molar-refractivity contribution >= 4 is 15.9 Å². The molecule has 2 nitrogen and oxygen atoms in total. The summed E-state index contributed by atoms with van der Waals surface area (Å²) < 4.78 is 37.1. The van der Waals surface area contributed by atoms with Gasteiger partial charge in [-0.05, 0) is 12.1 Å². The summed E-state index contributed by atoms with van der Waals surface area (Å²) in [5.41, 5.74) is 0. The standard InChI is InChI=1S/C10H9BrF2O2/c11-6-3-8(12)10(13)9(4-6)15-7-1-2-14-5-7/h3-4,7H,1-2,5H2. The fraction of sp³-hybridized carbons (Fsp3) is 0.400. The molecular weight excluding hydrogens is 270 g/mol. The molecule has 0 N–H and O–H groups in total. The molecule has 1 aromatic rings. The fourth-order valence-electron chi connectivity index (χ4n) is 1.40. The van der Waals surface area contributed by atoms with E-state index in [-0.39, 0.29) is 11.9 Å². The number of hydrogen-bond donors (Lipinski definition) is 0. The van der Waals surface area contributed by atoms with E-state index in [1.165, 1.54) is 6.07 Å². The Kier molecular flexibility index (Phi) is 3.21. The zero-order valence-corrected chi connectivity index (χ0v) is 9.39. The Morgan fingerprint density at radius 3 is 2.87 bits per heavy atom. The van der Waals surface area contributed by atoms with Crippen molar-refractivity contribution in [2.45, 2.75) is 12.5 Å². The zero-order valence-electron chi connectivity index (χ0n) is 7.80. The van der Waals surface area contributed by atoms with Crippen molar-refractivity contribution in [1.29, 1.82) is 0 Å². The highest BCUT2D eigenvalue weighted by molar-refractivity contribution is 9.10. The highest BCUT2D eigenvalue weighted by Gasteiger charge is 2.20. The van der Waals surface area contributed by atoms with Crippen molar-refractivity contribution in [3.8, 4) is 5.75 Å². The largest absolute Gasteiger partial charge is 0.485 e. The molecular formula is C10H9BrF2O2. The Balaban J connectivity index is 2.19. The van der Waals surface area contributed by atoms with Crippen LogP contribution in [0.5, 0.6) is 5.75 Å². The third kappa shape index (κ3) is 2.46. The first kappa shape index (κ1) is 10.8. The number of hydrogen-bond acceptors (Lipinski definition) is 2. The summed E-state index contributed by atoms with van der Waals surface area (Å²) in [5.74, 6) is -1.94. The summed E-state index contributed by atoms with van der Waals surface area (Å²) in [7, 11) is 0. The Morgan fingerprint density at radius 1 is 1.40 bits per heavy atom. The topological polar surface area (TPSA) is 18.5 Å². The number of ether oxygens (including phenoxy) is 2. The summed E-state index contributed by atoms with van der Waals surface area (Å²) in [6, 6.07) is 2.48. The molecule has 0 saturated carbocycles. The third-order valence-corrected chi connectivity index (χ3v) is 2.60. The SMILES string of the molecule is Fc1cc(Br)cc(OC2CCOC2)c1F. The molecule has 1 aliphatic heterocycles. The molecule has 0 bridgehead atoms. The first-order valence-corrected chi connectivity index (χ1v) is 5.35. The van der Waals surface area contributed by atoms with Crippen LogP contribution in [0.15, 0.2) is 16.6 Å². The van der Waals surface area contributed by atoms with Gasteiger partial charge in [-0.1, -0.05) is 15.9 Å². The van der Waals surface area contributed by atoms with E-state index in [0.717, 1.165) is 6.07 Å². The van der Waals surface area contributed by atoms with Crippen LogP contribution in [0, 0.1) is 11.6 Å². The predicted octanol–water partition coefficient (Wildman–Crippen LogP) is 2.90. The zero-order chi connectivity index (χ0) is 10.8. The molecule has 1 saturated heterocycles. The average Bonchev–Trinajstić information content (AvgIpc) is 2.66. The molecule has 1 atom stereocenters. The van der Waals surface area contributed by atoms with Crippen LogP contribution < -0.4 is 4.74 Å². The second-order valence-electron chi connectivity index (χ2n) is 3.30. The van der Waals surface area contributed by atoms with Crippen LogP contribution >= 0.6 is 15.9 Å². The maximum Gasteiger partial charge on any atom is 0.200 e. The number of rotatable bonds is 2. The van der Waals surface area contributed by atoms with Crippen molar-refractivity contribution in [2.75, 3.05) is 13.2 Å². The second kappa shape index (κ2) is 4.45. The van der Waals surface area contributed by atoms with Crippen molar-refractivity contribution < 1.29 is 18.3 Å². The van der Waals surface area contributed by atoms with Gasteiger partial charge in [0.1, 0.15) is 6.10 Å². The van der Waals surface area contributed by atoms with Crippen LogP contribution in [0.25, 0.3) is 0 Å². The lowest BCUT2D eigenvalue weighted by molar-refractivity contribution is 0.137. The molecule has 1 fully saturated rings. The lowest BCUT2D eigenvalue weighted by atomic mass is 10.3. The monoisotopic (exact) mass is 278 g/mol. The number of benzene rings is 1. The summed E-state index contributed by atoms with van der Waals surface area (Å²) in [6.07, 6.45) is 0.515. The Morgan fingerprint density at radius 2 is 2.20 bits per heavy atom. The molecule has 0 radical (unpaired) electrons. The molecule has 0 amide bonds. The maximum absolute atomic E-state index is 13.3. The van der Waals surface area contributed by atoms with Gasteiger partial charge in [0.15, 0.2) is 11.6 Å². The van der Waals surface area contributed by atoms with E-state index in [4.69, 9.17) is 9.47 Å². The van der Waals surface area contributed by atoms with Gasteiger partial charge in [-0.3, -0.25) is 0 Å². The Hall–Kier alpha value is -0.680. The minimum absolute atomic E-state index is 0.0719.